The molecule has 1 heterocycles. The van der Waals surface area contributed by atoms with Crippen LogP contribution in [-0.2, 0) is 6.61 Å². The molecule has 0 saturated heterocycles. The maximum absolute atomic E-state index is 12.3. The number of aryl methyl sites for hydroxylation is 1. The van der Waals surface area contributed by atoms with Crippen molar-refractivity contribution in [1.82, 2.24) is 15.6 Å². The summed E-state index contributed by atoms with van der Waals surface area (Å²) in [6.07, 6.45) is 5.19. The molecule has 0 radical (unpaired) electrons. The van der Waals surface area contributed by atoms with Gasteiger partial charge in [0, 0.05) is 11.8 Å². The number of hydrogen-bond donors (Lipinski definition) is 2. The van der Waals surface area contributed by atoms with Crippen molar-refractivity contribution in [2.45, 2.75) is 13.5 Å². The van der Waals surface area contributed by atoms with Gasteiger partial charge in [-0.25, -0.2) is 5.43 Å². The average molecular weight is 437 g/mol. The van der Waals surface area contributed by atoms with Crippen molar-refractivity contribution in [2.75, 3.05) is 0 Å². The minimum Gasteiger partial charge on any atom is -0.489 e. The van der Waals surface area contributed by atoms with Gasteiger partial charge in [-0.2, -0.15) is 10.2 Å². The van der Waals surface area contributed by atoms with Crippen molar-refractivity contribution in [3.63, 3.8) is 0 Å². The van der Waals surface area contributed by atoms with E-state index in [0.717, 1.165) is 22.4 Å². The molecule has 0 unspecified atom stereocenters. The number of hydrazone groups is 1. The molecule has 0 aliphatic rings. The Morgan fingerprint density at radius 3 is 2.55 bits per heavy atom. The number of nitrogens with zero attached hydrogens (tertiary/aromatic N) is 2. The van der Waals surface area contributed by atoms with Crippen molar-refractivity contribution < 1.29 is 9.53 Å². The summed E-state index contributed by atoms with van der Waals surface area (Å²) >= 11 is 0. The number of H-pyrrole nitrogens is 1. The van der Waals surface area contributed by atoms with E-state index in [9.17, 15) is 4.79 Å². The molecule has 1 aromatic heterocycles. The van der Waals surface area contributed by atoms with Crippen molar-refractivity contribution in [1.29, 1.82) is 0 Å². The maximum atomic E-state index is 12.3. The standard InChI is InChI=1S/C27H24N4O2/c1-20-9-11-22(12-10-20)19-33-24-15-13-23(14-16-24)25-18-26(30-29-25)27(32)31-28-17-5-8-21-6-3-2-4-7-21/h2-18H,19H2,1H3,(H,29,30)(H,31,32). The van der Waals surface area contributed by atoms with Gasteiger partial charge in [-0.15, -0.1) is 0 Å². The Hall–Kier alpha value is -4.45. The highest BCUT2D eigenvalue weighted by Gasteiger charge is 2.10. The Labute approximate surface area is 192 Å². The molecule has 0 aliphatic heterocycles. The van der Waals surface area contributed by atoms with Gasteiger partial charge in [0.15, 0.2) is 0 Å². The number of benzene rings is 3. The monoisotopic (exact) mass is 436 g/mol. The van der Waals surface area contributed by atoms with E-state index >= 15 is 0 Å². The second-order valence-corrected chi connectivity index (χ2v) is 7.45. The van der Waals surface area contributed by atoms with Gasteiger partial charge in [-0.05, 0) is 54.5 Å². The average Bonchev–Trinajstić information content (AvgIpc) is 3.35. The van der Waals surface area contributed by atoms with Crippen LogP contribution in [0.1, 0.15) is 27.2 Å². The first-order valence-electron chi connectivity index (χ1n) is 10.6. The number of rotatable bonds is 8. The molecular weight excluding hydrogens is 412 g/mol. The van der Waals surface area contributed by atoms with Gasteiger partial charge in [-0.3, -0.25) is 9.89 Å². The van der Waals surface area contributed by atoms with E-state index in [0.29, 0.717) is 18.0 Å². The lowest BCUT2D eigenvalue weighted by Gasteiger charge is -2.07. The van der Waals surface area contributed by atoms with Gasteiger partial charge in [0.2, 0.25) is 0 Å². The third-order valence-electron chi connectivity index (χ3n) is 4.91. The molecule has 33 heavy (non-hydrogen) atoms. The predicted octanol–water partition coefficient (Wildman–Crippen LogP) is 5.39. The summed E-state index contributed by atoms with van der Waals surface area (Å²) in [6.45, 7) is 2.57. The lowest BCUT2D eigenvalue weighted by molar-refractivity contribution is 0.0950. The van der Waals surface area contributed by atoms with E-state index in [1.807, 2.05) is 60.7 Å². The highest BCUT2D eigenvalue weighted by atomic mass is 16.5. The van der Waals surface area contributed by atoms with Crippen LogP contribution in [0.15, 0.2) is 96.1 Å². The van der Waals surface area contributed by atoms with Crippen LogP contribution in [0.3, 0.4) is 0 Å². The van der Waals surface area contributed by atoms with E-state index in [4.69, 9.17) is 4.74 Å². The van der Waals surface area contributed by atoms with Crippen molar-refractivity contribution in [3.05, 3.63) is 113 Å². The number of ether oxygens (including phenoxy) is 1. The largest absolute Gasteiger partial charge is 0.489 e. The predicted molar refractivity (Wildman–Crippen MR) is 131 cm³/mol. The molecule has 0 fully saturated rings. The molecule has 3 aromatic carbocycles. The highest BCUT2D eigenvalue weighted by molar-refractivity contribution is 5.94. The van der Waals surface area contributed by atoms with Crippen LogP contribution in [0.4, 0.5) is 0 Å². The molecule has 6 nitrogen and oxygen atoms in total. The molecule has 0 atom stereocenters. The minimum absolute atomic E-state index is 0.328. The zero-order chi connectivity index (χ0) is 22.9. The van der Waals surface area contributed by atoms with Gasteiger partial charge in [-0.1, -0.05) is 66.2 Å². The van der Waals surface area contributed by atoms with Crippen LogP contribution in [0.2, 0.25) is 0 Å². The third kappa shape index (κ3) is 6.27. The van der Waals surface area contributed by atoms with Crippen LogP contribution in [0.5, 0.6) is 5.75 Å². The summed E-state index contributed by atoms with van der Waals surface area (Å²) in [5.41, 5.74) is 7.75. The molecule has 0 aliphatic carbocycles. The number of nitrogens with one attached hydrogen (secondary N) is 2. The Balaban J connectivity index is 1.29. The first kappa shape index (κ1) is 21.8. The molecule has 4 aromatic rings. The van der Waals surface area contributed by atoms with Gasteiger partial charge in [0.1, 0.15) is 18.1 Å². The van der Waals surface area contributed by atoms with Crippen LogP contribution < -0.4 is 10.2 Å². The zero-order valence-electron chi connectivity index (χ0n) is 18.2. The SMILES string of the molecule is Cc1ccc(COc2ccc(-c3cc(C(=O)NN=CC=Cc4ccccc4)[nH]n3)cc2)cc1. The molecule has 164 valence electrons. The number of carbonyl (C=O) groups is 1. The molecule has 6 heteroatoms. The Kier molecular flexibility index (Phi) is 7.08. The Morgan fingerprint density at radius 1 is 1.03 bits per heavy atom. The number of carbonyl (C=O) groups excluding carboxylic acids is 1. The van der Waals surface area contributed by atoms with E-state index < -0.39 is 0 Å². The molecule has 1 amide bonds. The minimum atomic E-state index is -0.365. The molecule has 2 N–H and O–H groups in total. The summed E-state index contributed by atoms with van der Waals surface area (Å²) < 4.78 is 5.84. The quantitative estimate of drug-likeness (QED) is 0.287. The first-order valence-corrected chi connectivity index (χ1v) is 10.6. The van der Waals surface area contributed by atoms with Gasteiger partial charge in [0.05, 0.1) is 5.69 Å². The number of amides is 1. The Bertz CT molecular complexity index is 1240. The van der Waals surface area contributed by atoms with Crippen LogP contribution >= 0.6 is 0 Å². The number of hydrogen-bond acceptors (Lipinski definition) is 4. The van der Waals surface area contributed by atoms with E-state index in [1.165, 1.54) is 11.8 Å². The first-order chi connectivity index (χ1) is 16.2. The van der Waals surface area contributed by atoms with Crippen molar-refractivity contribution in [2.24, 2.45) is 5.10 Å². The summed E-state index contributed by atoms with van der Waals surface area (Å²) in [7, 11) is 0. The lowest BCUT2D eigenvalue weighted by Crippen LogP contribution is -2.17. The van der Waals surface area contributed by atoms with Gasteiger partial charge < -0.3 is 4.74 Å². The fourth-order valence-electron chi connectivity index (χ4n) is 3.08. The summed E-state index contributed by atoms with van der Waals surface area (Å²) in [6, 6.07) is 27.4. The van der Waals surface area contributed by atoms with E-state index in [-0.39, 0.29) is 5.91 Å². The van der Waals surface area contributed by atoms with Crippen LogP contribution in [-0.4, -0.2) is 22.3 Å². The summed E-state index contributed by atoms with van der Waals surface area (Å²) in [4.78, 5) is 12.3. The van der Waals surface area contributed by atoms with Crippen LogP contribution in [0, 0.1) is 6.92 Å². The number of aromatic nitrogens is 2. The van der Waals surface area contributed by atoms with Gasteiger partial charge >= 0.3 is 0 Å². The number of allylic oxidation sites excluding steroid dienone is 1. The van der Waals surface area contributed by atoms with Crippen molar-refractivity contribution >= 4 is 18.2 Å². The third-order valence-corrected chi connectivity index (χ3v) is 4.91. The molecule has 0 saturated carbocycles. The zero-order valence-corrected chi connectivity index (χ0v) is 18.2. The summed E-state index contributed by atoms with van der Waals surface area (Å²) in [5, 5.41) is 10.9. The normalized spacial score (nSPS) is 11.2. The van der Waals surface area contributed by atoms with Crippen molar-refractivity contribution in [3.8, 4) is 17.0 Å². The molecule has 0 spiro atoms. The second kappa shape index (κ2) is 10.7. The lowest BCUT2D eigenvalue weighted by atomic mass is 10.1. The summed E-state index contributed by atoms with van der Waals surface area (Å²) in [5.74, 6) is 0.405. The fourth-order valence-corrected chi connectivity index (χ4v) is 3.08. The Morgan fingerprint density at radius 2 is 1.79 bits per heavy atom. The number of aromatic amines is 1. The van der Waals surface area contributed by atoms with Gasteiger partial charge in [0.25, 0.3) is 5.91 Å². The second-order valence-electron chi connectivity index (χ2n) is 7.45. The molecule has 0 bridgehead atoms. The van der Waals surface area contributed by atoms with E-state index in [1.54, 1.807) is 12.1 Å². The highest BCUT2D eigenvalue weighted by Crippen LogP contribution is 2.22. The molecular formula is C27H24N4O2. The molecule has 4 rings (SSSR count). The topological polar surface area (TPSA) is 79.4 Å². The van der Waals surface area contributed by atoms with Crippen LogP contribution in [0.25, 0.3) is 17.3 Å². The maximum Gasteiger partial charge on any atom is 0.289 e. The smallest absolute Gasteiger partial charge is 0.289 e. The van der Waals surface area contributed by atoms with E-state index in [2.05, 4.69) is 51.9 Å². The fraction of sp³-hybridized carbons (Fsp3) is 0.0741.